The monoisotopic (exact) mass is 261 g/mol. The van der Waals surface area contributed by atoms with Crippen LogP contribution < -0.4 is 5.32 Å². The maximum atomic E-state index is 11.3. The number of anilines is 1. The van der Waals surface area contributed by atoms with Gasteiger partial charge in [-0.2, -0.15) is 0 Å². The molecule has 3 heteroatoms. The number of rotatable bonds is 4. The predicted molar refractivity (Wildman–Crippen MR) is 77.7 cm³/mol. The summed E-state index contributed by atoms with van der Waals surface area (Å²) in [5.41, 5.74) is 2.18. The van der Waals surface area contributed by atoms with Gasteiger partial charge in [0.05, 0.1) is 11.3 Å². The van der Waals surface area contributed by atoms with Gasteiger partial charge in [0.25, 0.3) is 0 Å². The highest BCUT2D eigenvalue weighted by Crippen LogP contribution is 2.36. The number of carboxylic acid groups (broad SMARTS) is 1. The molecule has 104 valence electrons. The molecule has 0 aliphatic heterocycles. The molecule has 19 heavy (non-hydrogen) atoms. The molecule has 0 aromatic heterocycles. The van der Waals surface area contributed by atoms with Crippen LogP contribution in [0.15, 0.2) is 18.2 Å². The molecule has 1 fully saturated rings. The topological polar surface area (TPSA) is 49.3 Å². The Bertz CT molecular complexity index is 470. The normalized spacial score (nSPS) is 26.4. The molecule has 0 spiro atoms. The molecule has 1 aromatic rings. The molecule has 0 amide bonds. The summed E-state index contributed by atoms with van der Waals surface area (Å²) in [5.74, 6) is 0.505. The Kier molecular flexibility index (Phi) is 4.13. The van der Waals surface area contributed by atoms with Gasteiger partial charge in [-0.05, 0) is 43.2 Å². The summed E-state index contributed by atoms with van der Waals surface area (Å²) in [7, 11) is 0. The molecule has 2 rings (SSSR count). The molecule has 0 bridgehead atoms. The first-order valence-corrected chi connectivity index (χ1v) is 7.14. The lowest BCUT2D eigenvalue weighted by Crippen LogP contribution is -2.26. The van der Waals surface area contributed by atoms with Gasteiger partial charge >= 0.3 is 5.97 Å². The minimum absolute atomic E-state index is 0.382. The Morgan fingerprint density at radius 1 is 1.42 bits per heavy atom. The zero-order chi connectivity index (χ0) is 14.0. The second-order valence-electron chi connectivity index (χ2n) is 5.66. The van der Waals surface area contributed by atoms with Gasteiger partial charge in [-0.15, -0.1) is 0 Å². The average Bonchev–Trinajstić information content (AvgIpc) is 2.72. The number of aromatic carboxylic acids is 1. The minimum atomic E-state index is -0.858. The van der Waals surface area contributed by atoms with E-state index in [1.54, 1.807) is 12.1 Å². The third-order valence-electron chi connectivity index (χ3n) is 4.58. The molecular formula is C16H23NO2. The second-order valence-corrected chi connectivity index (χ2v) is 5.66. The summed E-state index contributed by atoms with van der Waals surface area (Å²) in [6.07, 6.45) is 3.58. The Morgan fingerprint density at radius 2 is 2.16 bits per heavy atom. The lowest BCUT2D eigenvalue weighted by molar-refractivity contribution is 0.0697. The van der Waals surface area contributed by atoms with Crippen LogP contribution in [-0.4, -0.2) is 17.1 Å². The quantitative estimate of drug-likeness (QED) is 0.863. The summed E-state index contributed by atoms with van der Waals surface area (Å²) in [4.78, 5) is 11.3. The summed E-state index contributed by atoms with van der Waals surface area (Å²) in [6, 6.07) is 5.83. The lowest BCUT2D eigenvalue weighted by Gasteiger charge is -2.24. The van der Waals surface area contributed by atoms with Crippen molar-refractivity contribution in [3.63, 3.8) is 0 Å². The van der Waals surface area contributed by atoms with Gasteiger partial charge in [0.1, 0.15) is 0 Å². The Morgan fingerprint density at radius 3 is 2.74 bits per heavy atom. The number of hydrogen-bond acceptors (Lipinski definition) is 2. The van der Waals surface area contributed by atoms with E-state index < -0.39 is 5.97 Å². The van der Waals surface area contributed by atoms with Crippen LogP contribution in [0.25, 0.3) is 0 Å². The van der Waals surface area contributed by atoms with Crippen molar-refractivity contribution in [1.29, 1.82) is 0 Å². The van der Waals surface area contributed by atoms with Crippen molar-refractivity contribution in [2.75, 3.05) is 5.32 Å². The van der Waals surface area contributed by atoms with Gasteiger partial charge in [-0.3, -0.25) is 0 Å². The molecule has 1 aliphatic rings. The van der Waals surface area contributed by atoms with E-state index in [9.17, 15) is 9.90 Å². The van der Waals surface area contributed by atoms with Crippen LogP contribution in [0, 0.1) is 18.8 Å². The van der Waals surface area contributed by atoms with Crippen LogP contribution in [0.2, 0.25) is 0 Å². The summed E-state index contributed by atoms with van der Waals surface area (Å²) in [6.45, 7) is 6.48. The molecule has 3 atom stereocenters. The number of nitrogens with one attached hydrogen (secondary N) is 1. The molecule has 1 aromatic carbocycles. The number of hydrogen-bond donors (Lipinski definition) is 2. The Hall–Kier alpha value is -1.51. The van der Waals surface area contributed by atoms with E-state index in [4.69, 9.17) is 0 Å². The van der Waals surface area contributed by atoms with Crippen LogP contribution in [0.1, 0.15) is 49.0 Å². The maximum absolute atomic E-state index is 11.3. The fraction of sp³-hybridized carbons (Fsp3) is 0.562. The fourth-order valence-corrected chi connectivity index (χ4v) is 3.25. The van der Waals surface area contributed by atoms with Crippen molar-refractivity contribution in [3.8, 4) is 0 Å². The molecule has 0 radical (unpaired) electrons. The van der Waals surface area contributed by atoms with Crippen LogP contribution >= 0.6 is 0 Å². The van der Waals surface area contributed by atoms with Gasteiger partial charge in [0.15, 0.2) is 0 Å². The van der Waals surface area contributed by atoms with Crippen molar-refractivity contribution in [3.05, 3.63) is 29.3 Å². The molecule has 3 unspecified atom stereocenters. The van der Waals surface area contributed by atoms with Crippen molar-refractivity contribution in [2.45, 2.75) is 46.1 Å². The van der Waals surface area contributed by atoms with E-state index in [0.717, 1.165) is 23.6 Å². The third-order valence-corrected chi connectivity index (χ3v) is 4.58. The van der Waals surface area contributed by atoms with Gasteiger partial charge in [-0.1, -0.05) is 32.4 Å². The largest absolute Gasteiger partial charge is 0.478 e. The van der Waals surface area contributed by atoms with Crippen molar-refractivity contribution in [1.82, 2.24) is 0 Å². The van der Waals surface area contributed by atoms with E-state index in [1.165, 1.54) is 12.8 Å². The van der Waals surface area contributed by atoms with Gasteiger partial charge < -0.3 is 10.4 Å². The number of carbonyl (C=O) groups is 1. The molecule has 2 N–H and O–H groups in total. The van der Waals surface area contributed by atoms with Crippen molar-refractivity contribution < 1.29 is 9.90 Å². The Balaban J connectivity index is 2.22. The molecule has 0 saturated heterocycles. The van der Waals surface area contributed by atoms with Crippen molar-refractivity contribution >= 4 is 11.7 Å². The zero-order valence-corrected chi connectivity index (χ0v) is 11.9. The summed E-state index contributed by atoms with van der Waals surface area (Å²) < 4.78 is 0. The lowest BCUT2D eigenvalue weighted by atomic mass is 9.93. The predicted octanol–water partition coefficient (Wildman–Crippen LogP) is 3.93. The summed E-state index contributed by atoms with van der Waals surface area (Å²) in [5, 5.41) is 12.8. The number of benzene rings is 1. The van der Waals surface area contributed by atoms with Crippen LogP contribution in [0.5, 0.6) is 0 Å². The first-order chi connectivity index (χ1) is 9.04. The number of aryl methyl sites for hydroxylation is 1. The zero-order valence-electron chi connectivity index (χ0n) is 11.9. The average molecular weight is 261 g/mol. The second kappa shape index (κ2) is 5.64. The van der Waals surface area contributed by atoms with E-state index in [1.807, 2.05) is 13.0 Å². The van der Waals surface area contributed by atoms with E-state index in [2.05, 4.69) is 19.2 Å². The third kappa shape index (κ3) is 2.75. The molecular weight excluding hydrogens is 238 g/mol. The fourth-order valence-electron chi connectivity index (χ4n) is 3.25. The van der Waals surface area contributed by atoms with E-state index in [-0.39, 0.29) is 0 Å². The van der Waals surface area contributed by atoms with Gasteiger partial charge in [-0.25, -0.2) is 4.79 Å². The minimum Gasteiger partial charge on any atom is -0.478 e. The van der Waals surface area contributed by atoms with Gasteiger partial charge in [0, 0.05) is 6.04 Å². The number of carboxylic acids is 1. The number of para-hydroxylation sites is 1. The Labute approximate surface area is 115 Å². The van der Waals surface area contributed by atoms with E-state index >= 15 is 0 Å². The molecule has 1 saturated carbocycles. The highest BCUT2D eigenvalue weighted by Gasteiger charge is 2.32. The molecule has 1 aliphatic carbocycles. The molecule has 0 heterocycles. The highest BCUT2D eigenvalue weighted by atomic mass is 16.4. The first-order valence-electron chi connectivity index (χ1n) is 7.14. The highest BCUT2D eigenvalue weighted by molar-refractivity contribution is 5.95. The molecule has 3 nitrogen and oxygen atoms in total. The van der Waals surface area contributed by atoms with Crippen molar-refractivity contribution in [2.24, 2.45) is 11.8 Å². The SMILES string of the molecule is CCC1CCC(Nc2c(C)cccc2C(=O)O)C1C. The van der Waals surface area contributed by atoms with Crippen LogP contribution in [-0.2, 0) is 0 Å². The standard InChI is InChI=1S/C16H23NO2/c1-4-12-8-9-14(11(12)3)17-15-10(2)6-5-7-13(15)16(18)19/h5-7,11-12,14,17H,4,8-9H2,1-3H3,(H,18,19). The van der Waals surface area contributed by atoms with Crippen LogP contribution in [0.4, 0.5) is 5.69 Å². The first kappa shape index (κ1) is 13.9. The van der Waals surface area contributed by atoms with Crippen LogP contribution in [0.3, 0.4) is 0 Å². The summed E-state index contributed by atoms with van der Waals surface area (Å²) >= 11 is 0. The smallest absolute Gasteiger partial charge is 0.337 e. The van der Waals surface area contributed by atoms with E-state index in [0.29, 0.717) is 17.5 Å². The maximum Gasteiger partial charge on any atom is 0.337 e. The van der Waals surface area contributed by atoms with Gasteiger partial charge in [0.2, 0.25) is 0 Å².